The Labute approximate surface area is 254 Å². The van der Waals surface area contributed by atoms with Crippen LogP contribution in [0.1, 0.15) is 38.5 Å². The van der Waals surface area contributed by atoms with Crippen LogP contribution in [0.15, 0.2) is 0 Å². The van der Waals surface area contributed by atoms with Crippen molar-refractivity contribution in [1.29, 1.82) is 0 Å². The first-order valence-electron chi connectivity index (χ1n) is 14.3. The third-order valence-corrected chi connectivity index (χ3v) is 5.91. The third kappa shape index (κ3) is 25.0. The van der Waals surface area contributed by atoms with Crippen molar-refractivity contribution in [3.63, 3.8) is 0 Å². The molecule has 0 atom stereocenters. The second kappa shape index (κ2) is 28.9. The van der Waals surface area contributed by atoms with Crippen molar-refractivity contribution < 1.29 is 48.0 Å². The van der Waals surface area contributed by atoms with Crippen LogP contribution in [0.25, 0.3) is 0 Å². The fourth-order valence-electron chi connectivity index (χ4n) is 3.70. The van der Waals surface area contributed by atoms with Crippen molar-refractivity contribution in [1.82, 2.24) is 21.3 Å². The maximum absolute atomic E-state index is 12.5. The van der Waals surface area contributed by atoms with E-state index in [1.54, 1.807) is 0 Å². The molecule has 0 aliphatic heterocycles. The Bertz CT molecular complexity index is 798. The Kier molecular flexibility index (Phi) is 26.7. The molecule has 0 fully saturated rings. The number of terminal acetylenes is 2. The molecule has 43 heavy (non-hydrogen) atoms. The van der Waals surface area contributed by atoms with Gasteiger partial charge in [0.1, 0.15) is 13.2 Å². The van der Waals surface area contributed by atoms with Gasteiger partial charge in [-0.05, 0) is 19.3 Å². The summed E-state index contributed by atoms with van der Waals surface area (Å²) in [6.45, 7) is 3.49. The van der Waals surface area contributed by atoms with Crippen LogP contribution in [0.2, 0.25) is 0 Å². The van der Waals surface area contributed by atoms with Gasteiger partial charge in [-0.1, -0.05) is 11.8 Å². The number of aliphatic hydroxyl groups is 1. The van der Waals surface area contributed by atoms with Gasteiger partial charge in [0.25, 0.3) is 0 Å². The van der Waals surface area contributed by atoms with E-state index < -0.39 is 5.54 Å². The zero-order valence-corrected chi connectivity index (χ0v) is 25.0. The van der Waals surface area contributed by atoms with Gasteiger partial charge in [-0.15, -0.1) is 12.8 Å². The summed E-state index contributed by atoms with van der Waals surface area (Å²) < 4.78 is 26.1. The van der Waals surface area contributed by atoms with Crippen molar-refractivity contribution in [2.24, 2.45) is 0 Å². The first-order chi connectivity index (χ1) is 20.9. The Morgan fingerprint density at radius 2 is 1.00 bits per heavy atom. The molecule has 0 aromatic rings. The molecule has 0 heterocycles. The van der Waals surface area contributed by atoms with Crippen LogP contribution in [0.5, 0.6) is 0 Å². The Hall–Kier alpha value is -3.24. The lowest BCUT2D eigenvalue weighted by atomic mass is 9.83. The van der Waals surface area contributed by atoms with Gasteiger partial charge in [0.2, 0.25) is 24.1 Å². The topological polar surface area (TPSA) is 183 Å². The lowest BCUT2D eigenvalue weighted by Gasteiger charge is -2.33. The van der Waals surface area contributed by atoms with E-state index in [2.05, 4.69) is 33.1 Å². The first-order valence-corrected chi connectivity index (χ1v) is 14.3. The number of nitrogens with one attached hydrogen (secondary N) is 4. The van der Waals surface area contributed by atoms with Crippen LogP contribution in [0.3, 0.4) is 0 Å². The molecule has 244 valence electrons. The lowest BCUT2D eigenvalue weighted by molar-refractivity contribution is -0.123. The maximum atomic E-state index is 12.5. The number of rotatable bonds is 30. The van der Waals surface area contributed by atoms with Gasteiger partial charge in [-0.3, -0.25) is 19.2 Å². The molecule has 0 radical (unpaired) electrons. The lowest BCUT2D eigenvalue weighted by Crippen LogP contribution is -2.47. The number of carbonyl (C=O) groups excluding carboxylic acids is 4. The van der Waals surface area contributed by atoms with E-state index in [9.17, 15) is 19.2 Å². The highest BCUT2D eigenvalue weighted by Gasteiger charge is 2.31. The predicted molar refractivity (Wildman–Crippen MR) is 158 cm³/mol. The molecule has 0 aliphatic rings. The van der Waals surface area contributed by atoms with E-state index in [1.807, 2.05) is 0 Å². The second-order valence-corrected chi connectivity index (χ2v) is 9.17. The summed E-state index contributed by atoms with van der Waals surface area (Å²) in [5, 5.41) is 19.7. The highest BCUT2D eigenvalue weighted by molar-refractivity contribution is 5.77. The molecule has 0 saturated heterocycles. The van der Waals surface area contributed by atoms with E-state index in [1.165, 1.54) is 0 Å². The third-order valence-electron chi connectivity index (χ3n) is 5.91. The van der Waals surface area contributed by atoms with Crippen molar-refractivity contribution >= 4 is 24.1 Å². The highest BCUT2D eigenvalue weighted by atomic mass is 16.5. The van der Waals surface area contributed by atoms with Crippen LogP contribution in [-0.2, 0) is 42.9 Å². The van der Waals surface area contributed by atoms with Gasteiger partial charge in [0.05, 0.1) is 59.5 Å². The van der Waals surface area contributed by atoms with Crippen molar-refractivity contribution in [3.8, 4) is 24.7 Å². The van der Waals surface area contributed by atoms with E-state index in [-0.39, 0.29) is 122 Å². The molecule has 0 spiro atoms. The molecule has 0 bridgehead atoms. The summed E-state index contributed by atoms with van der Waals surface area (Å²) in [6, 6.07) is 0. The summed E-state index contributed by atoms with van der Waals surface area (Å²) in [5.74, 6) is 3.91. The number of hydrogen-bond acceptors (Lipinski definition) is 10. The van der Waals surface area contributed by atoms with E-state index in [4.69, 9.17) is 41.6 Å². The molecular formula is C29H48N4O10. The van der Waals surface area contributed by atoms with Gasteiger partial charge in [0, 0.05) is 44.4 Å². The molecule has 0 aliphatic carbocycles. The normalized spacial score (nSPS) is 10.8. The summed E-state index contributed by atoms with van der Waals surface area (Å²) in [6.07, 6.45) is 11.5. The SMILES string of the molecule is C#CCOCCOCCNC(=O)CCC(CCC(=O)NCCOCCO)(CCC(=O)NCCOCCOCC#C)NC=O. The minimum Gasteiger partial charge on any atom is -0.394 e. The molecule has 14 heteroatoms. The number of aliphatic hydroxyl groups excluding tert-OH is 1. The highest BCUT2D eigenvalue weighted by Crippen LogP contribution is 2.25. The fraction of sp³-hybridized carbons (Fsp3) is 0.724. The smallest absolute Gasteiger partial charge is 0.220 e. The molecule has 14 nitrogen and oxygen atoms in total. The van der Waals surface area contributed by atoms with Crippen LogP contribution in [-0.4, -0.2) is 127 Å². The molecule has 5 N–H and O–H groups in total. The summed E-state index contributed by atoms with van der Waals surface area (Å²) >= 11 is 0. The molecule has 0 saturated carbocycles. The van der Waals surface area contributed by atoms with Crippen LogP contribution >= 0.6 is 0 Å². The van der Waals surface area contributed by atoms with Crippen LogP contribution in [0.4, 0.5) is 0 Å². The minimum atomic E-state index is -0.975. The number of hydrogen-bond donors (Lipinski definition) is 5. The first kappa shape index (κ1) is 39.8. The van der Waals surface area contributed by atoms with Gasteiger partial charge >= 0.3 is 0 Å². The van der Waals surface area contributed by atoms with E-state index >= 15 is 0 Å². The molecule has 0 aromatic heterocycles. The van der Waals surface area contributed by atoms with E-state index in [0.717, 1.165) is 0 Å². The number of ether oxygens (including phenoxy) is 5. The van der Waals surface area contributed by atoms with E-state index in [0.29, 0.717) is 32.8 Å². The largest absolute Gasteiger partial charge is 0.394 e. The fourth-order valence-corrected chi connectivity index (χ4v) is 3.70. The van der Waals surface area contributed by atoms with Crippen molar-refractivity contribution in [2.75, 3.05) is 92.3 Å². The van der Waals surface area contributed by atoms with Crippen LogP contribution in [0, 0.1) is 24.7 Å². The van der Waals surface area contributed by atoms with Crippen molar-refractivity contribution in [2.45, 2.75) is 44.1 Å². The van der Waals surface area contributed by atoms with Gasteiger partial charge < -0.3 is 50.1 Å². The Morgan fingerprint density at radius 3 is 1.35 bits per heavy atom. The zero-order chi connectivity index (χ0) is 31.9. The van der Waals surface area contributed by atoms with Gasteiger partial charge in [0.15, 0.2) is 0 Å². The zero-order valence-electron chi connectivity index (χ0n) is 25.0. The number of amides is 4. The average Bonchev–Trinajstić information content (AvgIpc) is 3.00. The molecular weight excluding hydrogens is 564 g/mol. The molecule has 0 aromatic carbocycles. The molecule has 0 unspecified atom stereocenters. The maximum Gasteiger partial charge on any atom is 0.220 e. The summed E-state index contributed by atoms with van der Waals surface area (Å²) in [4.78, 5) is 49.0. The standard InChI is InChI=1S/C29H48N4O10/c1-3-15-39-21-23-42-18-12-31-27(37)6-9-29(33-25-35,8-5-26(36)30-11-17-41-20-14-34)10-7-28(38)32-13-19-43-24-22-40-16-4-2/h1-2,25,34H,5-24H2,(H,30,36)(H,31,37)(H,32,38)(H,33,35). The second-order valence-electron chi connectivity index (χ2n) is 9.17. The molecule has 4 amide bonds. The average molecular weight is 613 g/mol. The van der Waals surface area contributed by atoms with Gasteiger partial charge in [-0.25, -0.2) is 0 Å². The summed E-state index contributed by atoms with van der Waals surface area (Å²) in [7, 11) is 0. The Morgan fingerprint density at radius 1 is 0.628 bits per heavy atom. The Balaban J connectivity index is 4.84. The van der Waals surface area contributed by atoms with Crippen LogP contribution < -0.4 is 21.3 Å². The van der Waals surface area contributed by atoms with Gasteiger partial charge in [-0.2, -0.15) is 0 Å². The summed E-state index contributed by atoms with van der Waals surface area (Å²) in [5.41, 5.74) is -0.975. The molecule has 0 rings (SSSR count). The van der Waals surface area contributed by atoms with Crippen molar-refractivity contribution in [3.05, 3.63) is 0 Å². The quantitative estimate of drug-likeness (QED) is 0.0364. The minimum absolute atomic E-state index is 0.0508. The predicted octanol–water partition coefficient (Wildman–Crippen LogP) is -1.50. The monoisotopic (exact) mass is 612 g/mol. The number of carbonyl (C=O) groups is 4.